The monoisotopic (exact) mass is 241 g/mol. The number of hydrogen-bond donors (Lipinski definition) is 1. The molecule has 0 fully saturated rings. The van der Waals surface area contributed by atoms with Gasteiger partial charge in [0.05, 0.1) is 5.71 Å². The van der Waals surface area contributed by atoms with Crippen molar-refractivity contribution in [2.75, 3.05) is 0 Å². The van der Waals surface area contributed by atoms with Crippen molar-refractivity contribution < 1.29 is 0 Å². The van der Waals surface area contributed by atoms with E-state index in [2.05, 4.69) is 0 Å². The molecule has 0 aromatic heterocycles. The summed E-state index contributed by atoms with van der Waals surface area (Å²) in [5.74, 6) is 0. The van der Waals surface area contributed by atoms with E-state index in [1.165, 1.54) is 0 Å². The molecule has 1 heteroatoms. The van der Waals surface area contributed by atoms with Gasteiger partial charge in [0.2, 0.25) is 0 Å². The minimum Gasteiger partial charge on any atom is -0.300 e. The largest absolute Gasteiger partial charge is 0.300 e. The van der Waals surface area contributed by atoms with Crippen LogP contribution in [0.2, 0.25) is 0 Å². The van der Waals surface area contributed by atoms with E-state index in [0.29, 0.717) is 5.71 Å². The second kappa shape index (κ2) is 10.3. The summed E-state index contributed by atoms with van der Waals surface area (Å²) < 4.78 is 0. The zero-order chi connectivity index (χ0) is 13.8. The molecule has 0 bridgehead atoms. The molecule has 0 radical (unpaired) electrons. The van der Waals surface area contributed by atoms with Crippen molar-refractivity contribution in [3.8, 4) is 0 Å². The van der Waals surface area contributed by atoms with Crippen LogP contribution in [0, 0.1) is 5.41 Å². The van der Waals surface area contributed by atoms with Crippen LogP contribution >= 0.6 is 0 Å². The van der Waals surface area contributed by atoms with Crippen LogP contribution in [0.25, 0.3) is 0 Å². The normalized spacial score (nSPS) is 8.22. The molecule has 96 valence electrons. The lowest BCUT2D eigenvalue weighted by Gasteiger charge is -2.02. The van der Waals surface area contributed by atoms with Gasteiger partial charge >= 0.3 is 0 Å². The second-order valence-electron chi connectivity index (χ2n) is 3.11. The third-order valence-corrected chi connectivity index (χ3v) is 2.12. The zero-order valence-electron chi connectivity index (χ0n) is 11.8. The zero-order valence-corrected chi connectivity index (χ0v) is 11.8. The van der Waals surface area contributed by atoms with Crippen LogP contribution in [-0.4, -0.2) is 5.71 Å². The van der Waals surface area contributed by atoms with Crippen molar-refractivity contribution in [2.24, 2.45) is 0 Å². The van der Waals surface area contributed by atoms with Gasteiger partial charge in [-0.05, 0) is 11.1 Å². The van der Waals surface area contributed by atoms with Crippen LogP contribution in [0.15, 0.2) is 60.7 Å². The van der Waals surface area contributed by atoms with Gasteiger partial charge in [0, 0.05) is 0 Å². The first-order valence-corrected chi connectivity index (χ1v) is 6.57. The molecule has 1 N–H and O–H groups in total. The van der Waals surface area contributed by atoms with Crippen molar-refractivity contribution in [3.05, 3.63) is 71.8 Å². The summed E-state index contributed by atoms with van der Waals surface area (Å²) in [6.45, 7) is 8.00. The summed E-state index contributed by atoms with van der Waals surface area (Å²) in [4.78, 5) is 0. The van der Waals surface area contributed by atoms with Gasteiger partial charge in [0.15, 0.2) is 0 Å². The summed E-state index contributed by atoms with van der Waals surface area (Å²) in [6, 6.07) is 19.5. The predicted molar refractivity (Wildman–Crippen MR) is 81.5 cm³/mol. The molecule has 2 aromatic rings. The summed E-state index contributed by atoms with van der Waals surface area (Å²) in [6.07, 6.45) is 0. The first kappa shape index (κ1) is 16.1. The van der Waals surface area contributed by atoms with Crippen molar-refractivity contribution in [1.29, 1.82) is 5.41 Å². The van der Waals surface area contributed by atoms with E-state index >= 15 is 0 Å². The Kier molecular flexibility index (Phi) is 9.20. The van der Waals surface area contributed by atoms with Gasteiger partial charge in [-0.3, -0.25) is 5.41 Å². The van der Waals surface area contributed by atoms with Crippen molar-refractivity contribution in [1.82, 2.24) is 0 Å². The van der Waals surface area contributed by atoms with E-state index in [1.807, 2.05) is 88.4 Å². The van der Waals surface area contributed by atoms with Gasteiger partial charge < -0.3 is 0 Å². The van der Waals surface area contributed by atoms with Gasteiger partial charge in [-0.1, -0.05) is 88.4 Å². The predicted octanol–water partition coefficient (Wildman–Crippen LogP) is 5.16. The molecule has 2 aromatic carbocycles. The molecule has 0 aliphatic carbocycles. The Morgan fingerprint density at radius 3 is 1.17 bits per heavy atom. The number of hydrogen-bond acceptors (Lipinski definition) is 1. The van der Waals surface area contributed by atoms with Crippen LogP contribution in [-0.2, 0) is 0 Å². The minimum absolute atomic E-state index is 0.575. The summed E-state index contributed by atoms with van der Waals surface area (Å²) in [5, 5.41) is 7.97. The Morgan fingerprint density at radius 1 is 0.611 bits per heavy atom. The maximum absolute atomic E-state index is 7.97. The smallest absolute Gasteiger partial charge is 0.0684 e. The van der Waals surface area contributed by atoms with E-state index in [4.69, 9.17) is 5.41 Å². The number of nitrogens with one attached hydrogen (secondary N) is 1. The Bertz CT molecular complexity index is 376. The maximum atomic E-state index is 7.97. The van der Waals surface area contributed by atoms with E-state index in [-0.39, 0.29) is 0 Å². The summed E-state index contributed by atoms with van der Waals surface area (Å²) in [7, 11) is 0. The molecule has 0 aliphatic heterocycles. The molecule has 0 heterocycles. The molecular weight excluding hydrogens is 218 g/mol. The highest BCUT2D eigenvalue weighted by atomic mass is 14.4. The second-order valence-corrected chi connectivity index (χ2v) is 3.11. The third-order valence-electron chi connectivity index (χ3n) is 2.12. The standard InChI is InChI=1S/C13H11N.2C2H6/c14-13(11-7-3-1-4-8-11)12-9-5-2-6-10-12;2*1-2/h1-10,14H;2*1-2H3. The Labute approximate surface area is 111 Å². The summed E-state index contributed by atoms with van der Waals surface area (Å²) in [5.41, 5.74) is 2.49. The van der Waals surface area contributed by atoms with Crippen LogP contribution in [0.3, 0.4) is 0 Å². The molecule has 0 unspecified atom stereocenters. The molecule has 0 atom stereocenters. The highest BCUT2D eigenvalue weighted by Gasteiger charge is 2.01. The highest BCUT2D eigenvalue weighted by molar-refractivity contribution is 6.10. The lowest BCUT2D eigenvalue weighted by Crippen LogP contribution is -1.99. The van der Waals surface area contributed by atoms with Gasteiger partial charge in [0.25, 0.3) is 0 Å². The molecule has 0 spiro atoms. The average molecular weight is 241 g/mol. The summed E-state index contributed by atoms with van der Waals surface area (Å²) >= 11 is 0. The van der Waals surface area contributed by atoms with E-state index in [0.717, 1.165) is 11.1 Å². The lowest BCUT2D eigenvalue weighted by molar-refractivity contribution is 1.46. The Hall–Kier alpha value is -1.89. The topological polar surface area (TPSA) is 23.9 Å². The average Bonchev–Trinajstić information content (AvgIpc) is 2.52. The Morgan fingerprint density at radius 2 is 0.889 bits per heavy atom. The number of rotatable bonds is 2. The van der Waals surface area contributed by atoms with Crippen LogP contribution in [0.5, 0.6) is 0 Å². The quantitative estimate of drug-likeness (QED) is 0.703. The fraction of sp³-hybridized carbons (Fsp3) is 0.235. The molecule has 18 heavy (non-hydrogen) atoms. The molecule has 0 aliphatic rings. The molecule has 0 saturated heterocycles. The van der Waals surface area contributed by atoms with Crippen LogP contribution < -0.4 is 0 Å². The van der Waals surface area contributed by atoms with Gasteiger partial charge in [-0.2, -0.15) is 0 Å². The highest BCUT2D eigenvalue weighted by Crippen LogP contribution is 2.08. The number of benzene rings is 2. The van der Waals surface area contributed by atoms with E-state index < -0.39 is 0 Å². The molecule has 1 nitrogen and oxygen atoms in total. The van der Waals surface area contributed by atoms with E-state index in [9.17, 15) is 0 Å². The van der Waals surface area contributed by atoms with Crippen molar-refractivity contribution in [2.45, 2.75) is 27.7 Å². The SMILES string of the molecule is CC.CC.N=C(c1ccccc1)c1ccccc1. The van der Waals surface area contributed by atoms with Gasteiger partial charge in [0.1, 0.15) is 0 Å². The molecule has 0 saturated carbocycles. The third kappa shape index (κ3) is 4.96. The lowest BCUT2D eigenvalue weighted by atomic mass is 10.0. The fourth-order valence-electron chi connectivity index (χ4n) is 1.38. The van der Waals surface area contributed by atoms with Crippen LogP contribution in [0.4, 0.5) is 0 Å². The first-order valence-electron chi connectivity index (χ1n) is 6.57. The van der Waals surface area contributed by atoms with Crippen molar-refractivity contribution >= 4 is 5.71 Å². The van der Waals surface area contributed by atoms with E-state index in [1.54, 1.807) is 0 Å². The minimum atomic E-state index is 0.575. The Balaban J connectivity index is 0.000000659. The maximum Gasteiger partial charge on any atom is 0.0684 e. The molecule has 2 rings (SSSR count). The first-order chi connectivity index (χ1) is 8.88. The molecular formula is C17H23N. The van der Waals surface area contributed by atoms with Crippen molar-refractivity contribution in [3.63, 3.8) is 0 Å². The van der Waals surface area contributed by atoms with Gasteiger partial charge in [-0.25, -0.2) is 0 Å². The van der Waals surface area contributed by atoms with Gasteiger partial charge in [-0.15, -0.1) is 0 Å². The van der Waals surface area contributed by atoms with Crippen LogP contribution in [0.1, 0.15) is 38.8 Å². The fourth-order valence-corrected chi connectivity index (χ4v) is 1.38. The molecule has 0 amide bonds.